The normalized spacial score (nSPS) is 10.6. The van der Waals surface area contributed by atoms with Gasteiger partial charge in [0.15, 0.2) is 0 Å². The molecule has 4 heteroatoms. The lowest BCUT2D eigenvalue weighted by Gasteiger charge is -2.10. The monoisotopic (exact) mass is 313 g/mol. The Labute approximate surface area is 134 Å². The average Bonchev–Trinajstić information content (AvgIpc) is 2.57. The van der Waals surface area contributed by atoms with Gasteiger partial charge in [0.05, 0.1) is 13.7 Å². The number of nitrogens with zero attached hydrogens (tertiary/aromatic N) is 1. The van der Waals surface area contributed by atoms with Crippen molar-refractivity contribution in [3.05, 3.63) is 65.3 Å². The molecule has 0 saturated carbocycles. The molecular formula is C18H16ClNO2. The van der Waals surface area contributed by atoms with Crippen LogP contribution in [0.15, 0.2) is 54.7 Å². The number of ether oxygens (including phenoxy) is 2. The molecule has 0 saturated heterocycles. The second-order valence-electron chi connectivity index (χ2n) is 4.90. The number of fused-ring (bicyclic) bond motifs is 1. The maximum Gasteiger partial charge on any atom is 0.213 e. The zero-order chi connectivity index (χ0) is 15.4. The van der Waals surface area contributed by atoms with Gasteiger partial charge in [0.25, 0.3) is 0 Å². The lowest BCUT2D eigenvalue weighted by atomic mass is 10.1. The lowest BCUT2D eigenvalue weighted by molar-refractivity contribution is 0.325. The van der Waals surface area contributed by atoms with Gasteiger partial charge < -0.3 is 9.47 Å². The van der Waals surface area contributed by atoms with Gasteiger partial charge in [-0.2, -0.15) is 0 Å². The molecule has 0 bridgehead atoms. The van der Waals surface area contributed by atoms with Crippen molar-refractivity contribution in [2.75, 3.05) is 13.7 Å². The van der Waals surface area contributed by atoms with Crippen LogP contribution in [0.25, 0.3) is 10.8 Å². The highest BCUT2D eigenvalue weighted by atomic mass is 35.5. The van der Waals surface area contributed by atoms with Crippen LogP contribution in [0.2, 0.25) is 5.02 Å². The third kappa shape index (κ3) is 3.15. The number of pyridine rings is 1. The summed E-state index contributed by atoms with van der Waals surface area (Å²) in [5.41, 5.74) is 1.13. The number of aromatic nitrogens is 1. The summed E-state index contributed by atoms with van der Waals surface area (Å²) in [4.78, 5) is 4.10. The number of halogens is 1. The molecule has 3 rings (SSSR count). The minimum Gasteiger partial charge on any atom is -0.493 e. The number of rotatable bonds is 5. The van der Waals surface area contributed by atoms with E-state index in [-0.39, 0.29) is 0 Å². The Bertz CT molecular complexity index is 789. The molecule has 0 spiro atoms. The molecule has 0 aliphatic rings. The topological polar surface area (TPSA) is 31.4 Å². The second-order valence-corrected chi connectivity index (χ2v) is 5.30. The fourth-order valence-electron chi connectivity index (χ4n) is 2.36. The molecule has 0 unspecified atom stereocenters. The Morgan fingerprint density at radius 1 is 1.05 bits per heavy atom. The minimum atomic E-state index is 0.582. The fourth-order valence-corrected chi connectivity index (χ4v) is 2.58. The van der Waals surface area contributed by atoms with Gasteiger partial charge in [-0.3, -0.25) is 0 Å². The zero-order valence-corrected chi connectivity index (χ0v) is 13.0. The lowest BCUT2D eigenvalue weighted by Crippen LogP contribution is -2.02. The predicted molar refractivity (Wildman–Crippen MR) is 88.9 cm³/mol. The number of hydrogen-bond acceptors (Lipinski definition) is 3. The summed E-state index contributed by atoms with van der Waals surface area (Å²) in [5.74, 6) is 1.47. The molecule has 0 amide bonds. The van der Waals surface area contributed by atoms with E-state index in [1.165, 1.54) is 0 Å². The number of benzene rings is 2. The maximum atomic E-state index is 6.22. The Kier molecular flexibility index (Phi) is 4.45. The molecule has 0 fully saturated rings. The van der Waals surface area contributed by atoms with Gasteiger partial charge in [0.2, 0.25) is 5.88 Å². The van der Waals surface area contributed by atoms with Crippen LogP contribution in [-0.2, 0) is 6.42 Å². The van der Waals surface area contributed by atoms with Crippen molar-refractivity contribution in [2.45, 2.75) is 6.42 Å². The van der Waals surface area contributed by atoms with E-state index < -0.39 is 0 Å². The van der Waals surface area contributed by atoms with Crippen molar-refractivity contribution in [3.63, 3.8) is 0 Å². The standard InChI is InChI=1S/C18H16ClNO2/c1-21-18-12-13(8-10-20-18)9-11-22-17-7-6-16(19)14-4-2-3-5-15(14)17/h2-8,10,12H,9,11H2,1H3. The summed E-state index contributed by atoms with van der Waals surface area (Å²) in [6, 6.07) is 15.6. The van der Waals surface area contributed by atoms with Crippen LogP contribution in [0.1, 0.15) is 5.56 Å². The van der Waals surface area contributed by atoms with E-state index in [9.17, 15) is 0 Å². The smallest absolute Gasteiger partial charge is 0.213 e. The molecule has 0 atom stereocenters. The molecule has 0 aliphatic heterocycles. The first-order valence-electron chi connectivity index (χ1n) is 7.07. The van der Waals surface area contributed by atoms with Crippen molar-refractivity contribution in [1.82, 2.24) is 4.98 Å². The van der Waals surface area contributed by atoms with Gasteiger partial charge in [0.1, 0.15) is 5.75 Å². The van der Waals surface area contributed by atoms with E-state index in [2.05, 4.69) is 4.98 Å². The molecule has 0 N–H and O–H groups in total. The highest BCUT2D eigenvalue weighted by Gasteiger charge is 2.05. The molecule has 1 heterocycles. The molecule has 3 nitrogen and oxygen atoms in total. The summed E-state index contributed by atoms with van der Waals surface area (Å²) in [6.07, 6.45) is 2.53. The number of methoxy groups -OCH3 is 1. The fraction of sp³-hybridized carbons (Fsp3) is 0.167. The van der Waals surface area contributed by atoms with Crippen molar-refractivity contribution in [3.8, 4) is 11.6 Å². The summed E-state index contributed by atoms with van der Waals surface area (Å²) in [7, 11) is 1.61. The Morgan fingerprint density at radius 2 is 1.86 bits per heavy atom. The summed E-state index contributed by atoms with van der Waals surface area (Å²) in [5, 5.41) is 2.77. The highest BCUT2D eigenvalue weighted by molar-refractivity contribution is 6.35. The van der Waals surface area contributed by atoms with E-state index in [0.717, 1.165) is 33.5 Å². The van der Waals surface area contributed by atoms with Gasteiger partial charge in [-0.1, -0.05) is 35.9 Å². The van der Waals surface area contributed by atoms with Crippen LogP contribution in [-0.4, -0.2) is 18.7 Å². The average molecular weight is 314 g/mol. The number of hydrogen-bond donors (Lipinski definition) is 0. The quantitative estimate of drug-likeness (QED) is 0.694. The van der Waals surface area contributed by atoms with Gasteiger partial charge in [-0.05, 0) is 23.8 Å². The van der Waals surface area contributed by atoms with Crippen LogP contribution in [0, 0.1) is 0 Å². The van der Waals surface area contributed by atoms with Crippen molar-refractivity contribution in [2.24, 2.45) is 0 Å². The predicted octanol–water partition coefficient (Wildman–Crippen LogP) is 4.52. The van der Waals surface area contributed by atoms with Crippen LogP contribution in [0.3, 0.4) is 0 Å². The summed E-state index contributed by atoms with van der Waals surface area (Å²) in [6.45, 7) is 0.582. The third-order valence-corrected chi connectivity index (χ3v) is 3.82. The van der Waals surface area contributed by atoms with E-state index in [1.807, 2.05) is 48.5 Å². The summed E-state index contributed by atoms with van der Waals surface area (Å²) < 4.78 is 11.1. The van der Waals surface area contributed by atoms with Crippen LogP contribution in [0.5, 0.6) is 11.6 Å². The minimum absolute atomic E-state index is 0.582. The summed E-state index contributed by atoms with van der Waals surface area (Å²) >= 11 is 6.22. The molecule has 2 aromatic carbocycles. The molecule has 3 aromatic rings. The van der Waals surface area contributed by atoms with E-state index >= 15 is 0 Å². The molecule has 22 heavy (non-hydrogen) atoms. The van der Waals surface area contributed by atoms with Gasteiger partial charge >= 0.3 is 0 Å². The largest absolute Gasteiger partial charge is 0.493 e. The van der Waals surface area contributed by atoms with E-state index in [1.54, 1.807) is 13.3 Å². The van der Waals surface area contributed by atoms with Gasteiger partial charge in [-0.15, -0.1) is 0 Å². The molecule has 1 aromatic heterocycles. The van der Waals surface area contributed by atoms with Crippen molar-refractivity contribution >= 4 is 22.4 Å². The first-order chi connectivity index (χ1) is 10.8. The highest BCUT2D eigenvalue weighted by Crippen LogP contribution is 2.31. The molecule has 0 aliphatic carbocycles. The van der Waals surface area contributed by atoms with Crippen LogP contribution in [0.4, 0.5) is 0 Å². The van der Waals surface area contributed by atoms with Crippen molar-refractivity contribution in [1.29, 1.82) is 0 Å². The van der Waals surface area contributed by atoms with E-state index in [0.29, 0.717) is 12.5 Å². The first kappa shape index (κ1) is 14.7. The zero-order valence-electron chi connectivity index (χ0n) is 12.3. The third-order valence-electron chi connectivity index (χ3n) is 3.49. The first-order valence-corrected chi connectivity index (χ1v) is 7.44. The second kappa shape index (κ2) is 6.67. The van der Waals surface area contributed by atoms with Crippen molar-refractivity contribution < 1.29 is 9.47 Å². The van der Waals surface area contributed by atoms with E-state index in [4.69, 9.17) is 21.1 Å². The van der Waals surface area contributed by atoms with Gasteiger partial charge in [0, 0.05) is 34.5 Å². The van der Waals surface area contributed by atoms with Gasteiger partial charge in [-0.25, -0.2) is 4.98 Å². The Hall–Kier alpha value is -2.26. The Morgan fingerprint density at radius 3 is 2.68 bits per heavy atom. The van der Waals surface area contributed by atoms with Crippen LogP contribution < -0.4 is 9.47 Å². The van der Waals surface area contributed by atoms with Crippen LogP contribution >= 0.6 is 11.6 Å². The Balaban J connectivity index is 1.73. The molecule has 112 valence electrons. The SMILES string of the molecule is COc1cc(CCOc2ccc(Cl)c3ccccc23)ccn1. The maximum absolute atomic E-state index is 6.22. The molecule has 0 radical (unpaired) electrons. The molecular weight excluding hydrogens is 298 g/mol.